The molecule has 18 heavy (non-hydrogen) atoms. The van der Waals surface area contributed by atoms with Gasteiger partial charge in [0.15, 0.2) is 0 Å². The third kappa shape index (κ3) is 2.13. The number of ether oxygens (including phenoxy) is 1. The summed E-state index contributed by atoms with van der Waals surface area (Å²) < 4.78 is 5.47. The van der Waals surface area contributed by atoms with Crippen molar-refractivity contribution < 1.29 is 4.74 Å². The van der Waals surface area contributed by atoms with Crippen molar-refractivity contribution in [3.63, 3.8) is 0 Å². The molecule has 2 aliphatic heterocycles. The lowest BCUT2D eigenvalue weighted by atomic mass is 9.98. The minimum Gasteiger partial charge on any atom is -0.381 e. The number of para-hydroxylation sites is 1. The van der Waals surface area contributed by atoms with Crippen LogP contribution in [0.5, 0.6) is 0 Å². The molecule has 0 radical (unpaired) electrons. The van der Waals surface area contributed by atoms with Gasteiger partial charge < -0.3 is 15.4 Å². The van der Waals surface area contributed by atoms with Crippen molar-refractivity contribution >= 4 is 5.69 Å². The fourth-order valence-electron chi connectivity index (χ4n) is 3.32. The van der Waals surface area contributed by atoms with Crippen LogP contribution in [0, 0.1) is 0 Å². The number of rotatable bonds is 3. The first-order valence-corrected chi connectivity index (χ1v) is 7.03. The average molecular weight is 246 g/mol. The Morgan fingerprint density at radius 1 is 1.22 bits per heavy atom. The van der Waals surface area contributed by atoms with Gasteiger partial charge in [0.25, 0.3) is 0 Å². The number of benzene rings is 1. The first-order valence-electron chi connectivity index (χ1n) is 7.03. The molecule has 1 saturated heterocycles. The van der Waals surface area contributed by atoms with Gasteiger partial charge in [-0.3, -0.25) is 0 Å². The number of fused-ring (bicyclic) bond motifs is 1. The van der Waals surface area contributed by atoms with E-state index in [9.17, 15) is 0 Å². The zero-order valence-corrected chi connectivity index (χ0v) is 10.8. The number of hydrogen-bond acceptors (Lipinski definition) is 3. The number of nitrogens with two attached hydrogens (primary N) is 1. The smallest absolute Gasteiger partial charge is 0.0485 e. The average Bonchev–Trinajstić information content (AvgIpc) is 2.80. The molecule has 1 unspecified atom stereocenters. The van der Waals surface area contributed by atoms with E-state index in [1.54, 1.807) is 0 Å². The first-order chi connectivity index (χ1) is 8.90. The quantitative estimate of drug-likeness (QED) is 0.888. The lowest BCUT2D eigenvalue weighted by Crippen LogP contribution is -2.38. The summed E-state index contributed by atoms with van der Waals surface area (Å²) in [5.41, 5.74) is 8.68. The van der Waals surface area contributed by atoms with Crippen LogP contribution in [0.1, 0.15) is 30.7 Å². The van der Waals surface area contributed by atoms with Gasteiger partial charge in [0.1, 0.15) is 0 Å². The van der Waals surface area contributed by atoms with Crippen LogP contribution < -0.4 is 10.6 Å². The molecule has 1 aromatic rings. The summed E-state index contributed by atoms with van der Waals surface area (Å²) in [6.45, 7) is 3.73. The van der Waals surface area contributed by atoms with Crippen molar-refractivity contribution in [3.8, 4) is 0 Å². The summed E-state index contributed by atoms with van der Waals surface area (Å²) in [5, 5.41) is 0. The second-order valence-corrected chi connectivity index (χ2v) is 5.33. The Kier molecular flexibility index (Phi) is 3.52. The lowest BCUT2D eigenvalue weighted by molar-refractivity contribution is 0.0846. The van der Waals surface area contributed by atoms with Gasteiger partial charge in [-0.25, -0.2) is 0 Å². The van der Waals surface area contributed by atoms with Crippen molar-refractivity contribution in [1.29, 1.82) is 0 Å². The molecule has 3 heteroatoms. The van der Waals surface area contributed by atoms with Crippen molar-refractivity contribution in [3.05, 3.63) is 29.8 Å². The molecule has 0 aromatic heterocycles. The third-order valence-electron chi connectivity index (χ3n) is 4.25. The van der Waals surface area contributed by atoms with Crippen molar-refractivity contribution in [2.45, 2.75) is 31.2 Å². The van der Waals surface area contributed by atoms with E-state index in [0.717, 1.165) is 45.6 Å². The maximum Gasteiger partial charge on any atom is 0.0485 e. The Balaban J connectivity index is 1.84. The molecule has 1 aromatic carbocycles. The van der Waals surface area contributed by atoms with Gasteiger partial charge in [0, 0.05) is 37.4 Å². The number of nitrogens with zero attached hydrogens (tertiary/aromatic N) is 1. The van der Waals surface area contributed by atoms with E-state index in [1.807, 2.05) is 0 Å². The van der Waals surface area contributed by atoms with Crippen LogP contribution in [0.15, 0.2) is 24.3 Å². The molecular formula is C15H22N2O. The minimum absolute atomic E-state index is 0.619. The summed E-state index contributed by atoms with van der Waals surface area (Å²) in [6.07, 6.45) is 3.41. The standard InChI is InChI=1S/C15H22N2O/c16-8-5-12-11-17(13-6-9-18-10-7-13)15-4-2-1-3-14(12)15/h1-4,12-13H,5-11,16H2. The Labute approximate surface area is 109 Å². The highest BCUT2D eigenvalue weighted by Gasteiger charge is 2.32. The zero-order chi connectivity index (χ0) is 12.4. The van der Waals surface area contributed by atoms with Crippen LogP contribution in [0.2, 0.25) is 0 Å². The van der Waals surface area contributed by atoms with Gasteiger partial charge in [-0.05, 0) is 37.4 Å². The van der Waals surface area contributed by atoms with Gasteiger partial charge in [-0.2, -0.15) is 0 Å². The molecule has 0 amide bonds. The maximum atomic E-state index is 5.75. The molecule has 0 spiro atoms. The van der Waals surface area contributed by atoms with E-state index in [-0.39, 0.29) is 0 Å². The highest BCUT2D eigenvalue weighted by atomic mass is 16.5. The predicted molar refractivity (Wildman–Crippen MR) is 74.0 cm³/mol. The summed E-state index contributed by atoms with van der Waals surface area (Å²) in [7, 11) is 0. The highest BCUT2D eigenvalue weighted by Crippen LogP contribution is 2.40. The van der Waals surface area contributed by atoms with Gasteiger partial charge in [0.2, 0.25) is 0 Å². The largest absolute Gasteiger partial charge is 0.381 e. The second-order valence-electron chi connectivity index (χ2n) is 5.33. The Morgan fingerprint density at radius 2 is 2.00 bits per heavy atom. The highest BCUT2D eigenvalue weighted by molar-refractivity contribution is 5.61. The minimum atomic E-state index is 0.619. The van der Waals surface area contributed by atoms with E-state index in [4.69, 9.17) is 10.5 Å². The Morgan fingerprint density at radius 3 is 2.78 bits per heavy atom. The number of hydrogen-bond donors (Lipinski definition) is 1. The first kappa shape index (κ1) is 12.0. The number of anilines is 1. The molecule has 1 atom stereocenters. The monoisotopic (exact) mass is 246 g/mol. The zero-order valence-electron chi connectivity index (χ0n) is 10.8. The summed E-state index contributed by atoms with van der Waals surface area (Å²) in [6, 6.07) is 9.49. The normalized spacial score (nSPS) is 24.3. The maximum absolute atomic E-state index is 5.75. The molecule has 0 bridgehead atoms. The molecule has 3 nitrogen and oxygen atoms in total. The molecular weight excluding hydrogens is 224 g/mol. The molecule has 2 aliphatic rings. The van der Waals surface area contributed by atoms with Crippen LogP contribution >= 0.6 is 0 Å². The van der Waals surface area contributed by atoms with E-state index in [0.29, 0.717) is 12.0 Å². The Hall–Kier alpha value is -1.06. The molecule has 0 aliphatic carbocycles. The van der Waals surface area contributed by atoms with Crippen LogP contribution in [-0.2, 0) is 4.74 Å². The van der Waals surface area contributed by atoms with Gasteiger partial charge >= 0.3 is 0 Å². The predicted octanol–water partition coefficient (Wildman–Crippen LogP) is 2.12. The van der Waals surface area contributed by atoms with Crippen LogP contribution in [0.25, 0.3) is 0 Å². The third-order valence-corrected chi connectivity index (χ3v) is 4.25. The van der Waals surface area contributed by atoms with E-state index < -0.39 is 0 Å². The van der Waals surface area contributed by atoms with Crippen LogP contribution in [0.3, 0.4) is 0 Å². The summed E-state index contributed by atoms with van der Waals surface area (Å²) in [5.74, 6) is 0.619. The summed E-state index contributed by atoms with van der Waals surface area (Å²) >= 11 is 0. The fourth-order valence-corrected chi connectivity index (χ4v) is 3.32. The SMILES string of the molecule is NCCC1CN(C2CCOCC2)c2ccccc21. The van der Waals surface area contributed by atoms with E-state index in [1.165, 1.54) is 11.3 Å². The van der Waals surface area contributed by atoms with Crippen LogP contribution in [0.4, 0.5) is 5.69 Å². The van der Waals surface area contributed by atoms with Crippen molar-refractivity contribution in [1.82, 2.24) is 0 Å². The van der Waals surface area contributed by atoms with Gasteiger partial charge in [-0.1, -0.05) is 18.2 Å². The van der Waals surface area contributed by atoms with Gasteiger partial charge in [0.05, 0.1) is 0 Å². The van der Waals surface area contributed by atoms with Crippen molar-refractivity contribution in [2.24, 2.45) is 5.73 Å². The molecule has 98 valence electrons. The van der Waals surface area contributed by atoms with E-state index in [2.05, 4.69) is 29.2 Å². The molecule has 2 heterocycles. The second kappa shape index (κ2) is 5.29. The molecule has 3 rings (SSSR count). The Bertz CT molecular complexity index is 401. The topological polar surface area (TPSA) is 38.5 Å². The fraction of sp³-hybridized carbons (Fsp3) is 0.600. The van der Waals surface area contributed by atoms with E-state index >= 15 is 0 Å². The molecule has 2 N–H and O–H groups in total. The van der Waals surface area contributed by atoms with Gasteiger partial charge in [-0.15, -0.1) is 0 Å². The van der Waals surface area contributed by atoms with Crippen molar-refractivity contribution in [2.75, 3.05) is 31.2 Å². The lowest BCUT2D eigenvalue weighted by Gasteiger charge is -2.33. The molecule has 0 saturated carbocycles. The summed E-state index contributed by atoms with van der Waals surface area (Å²) in [4.78, 5) is 2.60. The van der Waals surface area contributed by atoms with Crippen LogP contribution in [-0.4, -0.2) is 32.3 Å². The molecule has 1 fully saturated rings.